The van der Waals surface area contributed by atoms with Gasteiger partial charge >= 0.3 is 0 Å². The zero-order valence-corrected chi connectivity index (χ0v) is 12.3. The standard InChI is InChI=1S/C13H23N3OS/c1-10(2)17-7-6-16(3)13-15-12(9-18-13)8-14-11-4-5-11/h9-11,14H,4-8H2,1-3H3. The highest BCUT2D eigenvalue weighted by atomic mass is 32.1. The first-order valence-electron chi connectivity index (χ1n) is 6.65. The van der Waals surface area contributed by atoms with Gasteiger partial charge in [0, 0.05) is 31.6 Å². The van der Waals surface area contributed by atoms with E-state index in [1.165, 1.54) is 12.8 Å². The van der Waals surface area contributed by atoms with Crippen LogP contribution in [-0.2, 0) is 11.3 Å². The molecule has 1 N–H and O–H groups in total. The van der Waals surface area contributed by atoms with Crippen LogP contribution in [0.15, 0.2) is 5.38 Å². The summed E-state index contributed by atoms with van der Waals surface area (Å²) >= 11 is 1.71. The van der Waals surface area contributed by atoms with Crippen molar-refractivity contribution >= 4 is 16.5 Å². The third-order valence-electron chi connectivity index (χ3n) is 2.89. The van der Waals surface area contributed by atoms with Gasteiger partial charge in [-0.2, -0.15) is 0 Å². The monoisotopic (exact) mass is 269 g/mol. The molecule has 1 aromatic rings. The molecular weight excluding hydrogens is 246 g/mol. The quantitative estimate of drug-likeness (QED) is 0.785. The molecule has 0 radical (unpaired) electrons. The summed E-state index contributed by atoms with van der Waals surface area (Å²) in [6, 6.07) is 0.743. The lowest BCUT2D eigenvalue weighted by molar-refractivity contribution is 0.0846. The molecule has 5 heteroatoms. The number of aromatic nitrogens is 1. The summed E-state index contributed by atoms with van der Waals surface area (Å²) in [5.74, 6) is 0. The van der Waals surface area contributed by atoms with E-state index in [1.807, 2.05) is 0 Å². The molecule has 0 aromatic carbocycles. The lowest BCUT2D eigenvalue weighted by atomic mass is 10.4. The van der Waals surface area contributed by atoms with Gasteiger partial charge in [0.1, 0.15) is 0 Å². The zero-order chi connectivity index (χ0) is 13.0. The Labute approximate surface area is 113 Å². The maximum absolute atomic E-state index is 5.55. The molecule has 1 fully saturated rings. The van der Waals surface area contributed by atoms with Crippen LogP contribution < -0.4 is 10.2 Å². The van der Waals surface area contributed by atoms with Crippen LogP contribution in [0.4, 0.5) is 5.13 Å². The number of ether oxygens (including phenoxy) is 1. The highest BCUT2D eigenvalue weighted by Gasteiger charge is 2.20. The largest absolute Gasteiger partial charge is 0.377 e. The maximum Gasteiger partial charge on any atom is 0.185 e. The summed E-state index contributed by atoms with van der Waals surface area (Å²) < 4.78 is 5.55. The normalized spacial score (nSPS) is 15.3. The van der Waals surface area contributed by atoms with Gasteiger partial charge in [-0.15, -0.1) is 11.3 Å². The summed E-state index contributed by atoms with van der Waals surface area (Å²) in [5.41, 5.74) is 1.15. The van der Waals surface area contributed by atoms with Crippen LogP contribution in [0.3, 0.4) is 0 Å². The van der Waals surface area contributed by atoms with Crippen LogP contribution in [0, 0.1) is 0 Å². The van der Waals surface area contributed by atoms with Gasteiger partial charge < -0.3 is 15.0 Å². The van der Waals surface area contributed by atoms with Gasteiger partial charge in [-0.3, -0.25) is 0 Å². The molecule has 1 aliphatic rings. The van der Waals surface area contributed by atoms with Crippen molar-refractivity contribution in [3.05, 3.63) is 11.1 Å². The van der Waals surface area contributed by atoms with E-state index in [-0.39, 0.29) is 0 Å². The smallest absolute Gasteiger partial charge is 0.185 e. The van der Waals surface area contributed by atoms with Gasteiger partial charge in [-0.25, -0.2) is 4.98 Å². The van der Waals surface area contributed by atoms with E-state index in [4.69, 9.17) is 4.74 Å². The SMILES string of the molecule is CC(C)OCCN(C)c1nc(CNC2CC2)cs1. The van der Waals surface area contributed by atoms with Crippen LogP contribution in [-0.4, -0.2) is 37.3 Å². The fraction of sp³-hybridized carbons (Fsp3) is 0.769. The molecule has 0 bridgehead atoms. The molecule has 4 nitrogen and oxygen atoms in total. The molecule has 0 unspecified atom stereocenters. The van der Waals surface area contributed by atoms with Gasteiger partial charge in [-0.1, -0.05) is 0 Å². The Morgan fingerprint density at radius 3 is 3.00 bits per heavy atom. The molecule has 102 valence electrons. The van der Waals surface area contributed by atoms with Crippen molar-refractivity contribution < 1.29 is 4.74 Å². The molecule has 1 aliphatic carbocycles. The second kappa shape index (κ2) is 6.50. The van der Waals surface area contributed by atoms with Crippen LogP contribution in [0.25, 0.3) is 0 Å². The summed E-state index contributed by atoms with van der Waals surface area (Å²) in [6.45, 7) is 6.66. The van der Waals surface area contributed by atoms with Crippen LogP contribution in [0.2, 0.25) is 0 Å². The van der Waals surface area contributed by atoms with Gasteiger partial charge in [0.15, 0.2) is 5.13 Å². The Bertz CT molecular complexity index is 363. The average molecular weight is 269 g/mol. The van der Waals surface area contributed by atoms with Crippen molar-refractivity contribution in [2.24, 2.45) is 0 Å². The first-order valence-corrected chi connectivity index (χ1v) is 7.53. The number of nitrogens with zero attached hydrogens (tertiary/aromatic N) is 2. The fourth-order valence-electron chi connectivity index (χ4n) is 1.61. The van der Waals surface area contributed by atoms with Crippen molar-refractivity contribution in [2.75, 3.05) is 25.1 Å². The summed E-state index contributed by atoms with van der Waals surface area (Å²) in [7, 11) is 2.07. The molecule has 0 amide bonds. The molecule has 0 atom stereocenters. The predicted octanol–water partition coefficient (Wildman–Crippen LogP) is 2.26. The molecule has 0 spiro atoms. The molecule has 1 aromatic heterocycles. The number of thiazole rings is 1. The predicted molar refractivity (Wildman–Crippen MR) is 76.3 cm³/mol. The van der Waals surface area contributed by atoms with E-state index in [2.05, 4.69) is 41.5 Å². The summed E-state index contributed by atoms with van der Waals surface area (Å²) in [6.07, 6.45) is 2.94. The van der Waals surface area contributed by atoms with Crippen molar-refractivity contribution in [3.8, 4) is 0 Å². The molecule has 0 aliphatic heterocycles. The molecule has 0 saturated heterocycles. The highest BCUT2D eigenvalue weighted by Crippen LogP contribution is 2.22. The first kappa shape index (κ1) is 13.8. The first-order chi connectivity index (χ1) is 8.65. The third kappa shape index (κ3) is 4.55. The summed E-state index contributed by atoms with van der Waals surface area (Å²) in [5, 5.41) is 6.71. The Kier molecular flexibility index (Phi) is 4.97. The van der Waals surface area contributed by atoms with Crippen molar-refractivity contribution in [2.45, 2.75) is 45.4 Å². The maximum atomic E-state index is 5.55. The Balaban J connectivity index is 1.73. The minimum absolute atomic E-state index is 0.299. The second-order valence-electron chi connectivity index (χ2n) is 5.12. The van der Waals surface area contributed by atoms with Gasteiger partial charge in [0.05, 0.1) is 18.4 Å². The molecule has 18 heavy (non-hydrogen) atoms. The van der Waals surface area contributed by atoms with E-state index in [9.17, 15) is 0 Å². The fourth-order valence-corrected chi connectivity index (χ4v) is 2.43. The van der Waals surface area contributed by atoms with Gasteiger partial charge in [-0.05, 0) is 26.7 Å². The van der Waals surface area contributed by atoms with Crippen molar-refractivity contribution in [1.29, 1.82) is 0 Å². The van der Waals surface area contributed by atoms with Crippen LogP contribution in [0.5, 0.6) is 0 Å². The minimum Gasteiger partial charge on any atom is -0.377 e. The zero-order valence-electron chi connectivity index (χ0n) is 11.5. The topological polar surface area (TPSA) is 37.4 Å². The Morgan fingerprint density at radius 1 is 1.56 bits per heavy atom. The molecule has 2 rings (SSSR count). The highest BCUT2D eigenvalue weighted by molar-refractivity contribution is 7.13. The van der Waals surface area contributed by atoms with E-state index in [0.717, 1.165) is 36.6 Å². The lowest BCUT2D eigenvalue weighted by Gasteiger charge is -2.16. The van der Waals surface area contributed by atoms with Gasteiger partial charge in [0.25, 0.3) is 0 Å². The van der Waals surface area contributed by atoms with E-state index in [1.54, 1.807) is 11.3 Å². The Morgan fingerprint density at radius 2 is 2.33 bits per heavy atom. The van der Waals surface area contributed by atoms with Gasteiger partial charge in [0.2, 0.25) is 0 Å². The number of hydrogen-bond acceptors (Lipinski definition) is 5. The minimum atomic E-state index is 0.299. The number of likely N-dealkylation sites (N-methyl/N-ethyl adjacent to an activating group) is 1. The molecule has 1 saturated carbocycles. The van der Waals surface area contributed by atoms with Crippen LogP contribution in [0.1, 0.15) is 32.4 Å². The third-order valence-corrected chi connectivity index (χ3v) is 3.90. The second-order valence-corrected chi connectivity index (χ2v) is 5.95. The number of hydrogen-bond donors (Lipinski definition) is 1. The van der Waals surface area contributed by atoms with E-state index >= 15 is 0 Å². The average Bonchev–Trinajstić information content (AvgIpc) is 3.03. The van der Waals surface area contributed by atoms with Crippen molar-refractivity contribution in [3.63, 3.8) is 0 Å². The molecular formula is C13H23N3OS. The number of anilines is 1. The van der Waals surface area contributed by atoms with Crippen molar-refractivity contribution in [1.82, 2.24) is 10.3 Å². The summed E-state index contributed by atoms with van der Waals surface area (Å²) in [4.78, 5) is 6.79. The van der Waals surface area contributed by atoms with E-state index in [0.29, 0.717) is 6.10 Å². The number of nitrogens with one attached hydrogen (secondary N) is 1. The van der Waals surface area contributed by atoms with E-state index < -0.39 is 0 Å². The number of rotatable bonds is 8. The Hall–Kier alpha value is -0.650. The van der Waals surface area contributed by atoms with Crippen LogP contribution >= 0.6 is 11.3 Å². The lowest BCUT2D eigenvalue weighted by Crippen LogP contribution is -2.24. The molecule has 1 heterocycles.